The molecule has 0 saturated carbocycles. The number of alkyl halides is 1. The van der Waals surface area contributed by atoms with E-state index in [0.717, 1.165) is 34.7 Å². The van der Waals surface area contributed by atoms with Crippen LogP contribution in [0.25, 0.3) is 6.08 Å². The third-order valence-electron chi connectivity index (χ3n) is 6.93. The number of fused-ring (bicyclic) bond motifs is 1. The zero-order valence-electron chi connectivity index (χ0n) is 22.9. The van der Waals surface area contributed by atoms with Crippen molar-refractivity contribution in [1.29, 1.82) is 0 Å². The number of halogens is 2. The SMILES string of the molecule is CC(Cl)/C=C\c1cc2c([nH]1)C(c1ccc(OCCC3COC(C)(C)O3)cc1)N(C(=O)Oc1ccc(Cl)cc1)CC2. The van der Waals surface area contributed by atoms with Gasteiger partial charge in [-0.2, -0.15) is 0 Å². The number of carbonyl (C=O) groups excluding carboxylic acids is 1. The van der Waals surface area contributed by atoms with Crippen LogP contribution in [0.1, 0.15) is 55.7 Å². The van der Waals surface area contributed by atoms with E-state index < -0.39 is 11.9 Å². The van der Waals surface area contributed by atoms with Crippen molar-refractivity contribution in [3.05, 3.63) is 88.2 Å². The Balaban J connectivity index is 1.34. The van der Waals surface area contributed by atoms with Crippen LogP contribution in [0.15, 0.2) is 60.7 Å². The van der Waals surface area contributed by atoms with Crippen molar-refractivity contribution in [2.45, 2.75) is 56.9 Å². The van der Waals surface area contributed by atoms with Gasteiger partial charge in [0.05, 0.1) is 19.3 Å². The van der Waals surface area contributed by atoms with Crippen molar-refractivity contribution >= 4 is 35.4 Å². The quantitative estimate of drug-likeness (QED) is 0.280. The van der Waals surface area contributed by atoms with E-state index in [4.69, 9.17) is 42.1 Å². The number of aromatic nitrogens is 1. The average Bonchev–Trinajstić information content (AvgIpc) is 3.50. The molecule has 3 aromatic rings. The fourth-order valence-corrected chi connectivity index (χ4v) is 5.20. The first kappa shape index (κ1) is 28.6. The Kier molecular flexibility index (Phi) is 8.76. The molecule has 1 amide bonds. The zero-order chi connectivity index (χ0) is 28.3. The van der Waals surface area contributed by atoms with Crippen LogP contribution in [0, 0.1) is 0 Å². The number of allylic oxidation sites excluding steroid dienone is 1. The molecule has 212 valence electrons. The maximum atomic E-state index is 13.4. The molecule has 0 spiro atoms. The van der Waals surface area contributed by atoms with Crippen molar-refractivity contribution in [2.75, 3.05) is 19.8 Å². The molecule has 1 N–H and O–H groups in total. The predicted molar refractivity (Wildman–Crippen MR) is 156 cm³/mol. The van der Waals surface area contributed by atoms with Crippen molar-refractivity contribution in [3.8, 4) is 11.5 Å². The monoisotopic (exact) mass is 584 g/mol. The molecule has 2 aromatic carbocycles. The Bertz CT molecular complexity index is 1330. The standard InChI is InChI=1S/C31H34Cl2N2O5/c1-20(32)4-9-24-18-22-14-16-35(30(36)39-26-12-7-23(33)8-13-26)29(28(22)34-24)21-5-10-25(11-6-21)37-17-15-27-19-38-31(2,3)40-27/h4-13,18,20,27,29,34H,14-17,19H2,1-3H3/b9-4-. The molecule has 1 fully saturated rings. The van der Waals surface area contributed by atoms with Crippen LogP contribution >= 0.6 is 23.2 Å². The van der Waals surface area contributed by atoms with E-state index in [1.54, 1.807) is 29.2 Å². The first-order valence-electron chi connectivity index (χ1n) is 13.5. The molecule has 9 heteroatoms. The third kappa shape index (κ3) is 7.02. The normalized spacial score (nSPS) is 20.9. The molecule has 3 heterocycles. The number of aromatic amines is 1. The minimum atomic E-state index is -0.540. The van der Waals surface area contributed by atoms with Gasteiger partial charge in [0.15, 0.2) is 5.79 Å². The average molecular weight is 586 g/mol. The molecule has 40 heavy (non-hydrogen) atoms. The van der Waals surface area contributed by atoms with E-state index in [9.17, 15) is 4.79 Å². The number of hydrogen-bond donors (Lipinski definition) is 1. The summed E-state index contributed by atoms with van der Waals surface area (Å²) >= 11 is 12.1. The number of H-pyrrole nitrogens is 1. The van der Waals surface area contributed by atoms with E-state index in [2.05, 4.69) is 11.1 Å². The summed E-state index contributed by atoms with van der Waals surface area (Å²) in [4.78, 5) is 18.7. The smallest absolute Gasteiger partial charge is 0.416 e. The number of hydrogen-bond acceptors (Lipinski definition) is 5. The summed E-state index contributed by atoms with van der Waals surface area (Å²) in [5.41, 5.74) is 4.00. The summed E-state index contributed by atoms with van der Waals surface area (Å²) in [6.45, 7) is 7.34. The maximum Gasteiger partial charge on any atom is 0.416 e. The van der Waals surface area contributed by atoms with Crippen molar-refractivity contribution in [1.82, 2.24) is 9.88 Å². The van der Waals surface area contributed by atoms with E-state index in [1.165, 1.54) is 0 Å². The summed E-state index contributed by atoms with van der Waals surface area (Å²) in [6.07, 6.45) is 4.93. The molecule has 0 bridgehead atoms. The van der Waals surface area contributed by atoms with Crippen LogP contribution in [-0.4, -0.2) is 53.0 Å². The minimum Gasteiger partial charge on any atom is -0.493 e. The van der Waals surface area contributed by atoms with Gasteiger partial charge in [0.2, 0.25) is 0 Å². The third-order valence-corrected chi connectivity index (χ3v) is 7.33. The van der Waals surface area contributed by atoms with Crippen LogP contribution < -0.4 is 9.47 Å². The van der Waals surface area contributed by atoms with Crippen molar-refractivity contribution in [2.24, 2.45) is 0 Å². The highest BCUT2D eigenvalue weighted by molar-refractivity contribution is 6.30. The van der Waals surface area contributed by atoms with Gasteiger partial charge in [-0.25, -0.2) is 4.79 Å². The molecule has 2 aliphatic rings. The first-order chi connectivity index (χ1) is 19.2. The lowest BCUT2D eigenvalue weighted by atomic mass is 9.94. The molecule has 3 unspecified atom stereocenters. The molecule has 1 saturated heterocycles. The van der Waals surface area contributed by atoms with Crippen LogP contribution in [-0.2, 0) is 15.9 Å². The summed E-state index contributed by atoms with van der Waals surface area (Å²) in [5.74, 6) is 0.648. The number of ether oxygens (including phenoxy) is 4. The highest BCUT2D eigenvalue weighted by atomic mass is 35.5. The lowest BCUT2D eigenvalue weighted by Crippen LogP contribution is -2.42. The lowest BCUT2D eigenvalue weighted by Gasteiger charge is -2.35. The molecule has 2 aliphatic heterocycles. The Labute approximate surface area is 245 Å². The molecule has 0 radical (unpaired) electrons. The van der Waals surface area contributed by atoms with E-state index in [-0.39, 0.29) is 17.5 Å². The van der Waals surface area contributed by atoms with Crippen molar-refractivity contribution < 1.29 is 23.7 Å². The second-order valence-electron chi connectivity index (χ2n) is 10.5. The number of nitrogens with zero attached hydrogens (tertiary/aromatic N) is 1. The molecule has 5 rings (SSSR count). The van der Waals surface area contributed by atoms with Gasteiger partial charge in [0.1, 0.15) is 17.5 Å². The second-order valence-corrected chi connectivity index (χ2v) is 11.6. The zero-order valence-corrected chi connectivity index (χ0v) is 24.4. The fourth-order valence-electron chi connectivity index (χ4n) is 5.01. The summed E-state index contributed by atoms with van der Waals surface area (Å²) in [6, 6.07) is 16.4. The molecular formula is C31H34Cl2N2O5. The highest BCUT2D eigenvalue weighted by Gasteiger charge is 2.35. The van der Waals surface area contributed by atoms with E-state index >= 15 is 0 Å². The van der Waals surface area contributed by atoms with E-state index in [0.29, 0.717) is 37.0 Å². The molecule has 3 atom stereocenters. The largest absolute Gasteiger partial charge is 0.493 e. The molecule has 7 nitrogen and oxygen atoms in total. The Morgan fingerprint density at radius 1 is 1.18 bits per heavy atom. The molecule has 1 aromatic heterocycles. The Morgan fingerprint density at radius 3 is 2.58 bits per heavy atom. The van der Waals surface area contributed by atoms with Gasteiger partial charge in [-0.1, -0.05) is 29.8 Å². The topological polar surface area (TPSA) is 73.0 Å². The summed E-state index contributed by atoms with van der Waals surface area (Å²) in [5, 5.41) is 0.488. The maximum absolute atomic E-state index is 13.4. The number of rotatable bonds is 8. The number of amides is 1. The van der Waals surface area contributed by atoms with Gasteiger partial charge in [-0.05, 0) is 86.9 Å². The fraction of sp³-hybridized carbons (Fsp3) is 0.387. The number of nitrogens with one attached hydrogen (secondary N) is 1. The second kappa shape index (κ2) is 12.3. The summed E-state index contributed by atoms with van der Waals surface area (Å²) in [7, 11) is 0. The number of carbonyl (C=O) groups is 1. The van der Waals surface area contributed by atoms with Gasteiger partial charge in [0, 0.05) is 34.8 Å². The Hall–Kier alpha value is -2.97. The van der Waals surface area contributed by atoms with Gasteiger partial charge in [-0.15, -0.1) is 11.6 Å². The Morgan fingerprint density at radius 2 is 1.90 bits per heavy atom. The molecular weight excluding hydrogens is 551 g/mol. The van der Waals surface area contributed by atoms with Crippen LogP contribution in [0.2, 0.25) is 5.02 Å². The lowest BCUT2D eigenvalue weighted by molar-refractivity contribution is -0.139. The summed E-state index contributed by atoms with van der Waals surface area (Å²) < 4.78 is 23.2. The van der Waals surface area contributed by atoms with Crippen LogP contribution in [0.3, 0.4) is 0 Å². The molecule has 0 aliphatic carbocycles. The van der Waals surface area contributed by atoms with Gasteiger partial charge in [-0.3, -0.25) is 4.90 Å². The van der Waals surface area contributed by atoms with Gasteiger partial charge < -0.3 is 23.9 Å². The van der Waals surface area contributed by atoms with Crippen molar-refractivity contribution in [3.63, 3.8) is 0 Å². The van der Waals surface area contributed by atoms with Gasteiger partial charge >= 0.3 is 6.09 Å². The predicted octanol–water partition coefficient (Wildman–Crippen LogP) is 7.38. The minimum absolute atomic E-state index is 0.0213. The number of benzene rings is 2. The first-order valence-corrected chi connectivity index (χ1v) is 14.3. The van der Waals surface area contributed by atoms with Crippen LogP contribution in [0.5, 0.6) is 11.5 Å². The van der Waals surface area contributed by atoms with E-state index in [1.807, 2.05) is 57.2 Å². The van der Waals surface area contributed by atoms with Crippen LogP contribution in [0.4, 0.5) is 4.79 Å². The highest BCUT2D eigenvalue weighted by Crippen LogP contribution is 2.37. The van der Waals surface area contributed by atoms with Gasteiger partial charge in [0.25, 0.3) is 0 Å².